The molecule has 0 aliphatic carbocycles. The Kier molecular flexibility index (Phi) is 3.66. The van der Waals surface area contributed by atoms with Gasteiger partial charge in [0.25, 0.3) is 0 Å². The highest BCUT2D eigenvalue weighted by atomic mass is 32.1. The molecule has 0 spiro atoms. The first-order valence-electron chi connectivity index (χ1n) is 6.26. The Morgan fingerprint density at radius 1 is 1.05 bits per heavy atom. The Hall–Kier alpha value is -2.28. The van der Waals surface area contributed by atoms with E-state index in [1.54, 1.807) is 6.07 Å². The fraction of sp³-hybridized carbons (Fsp3) is 0.133. The lowest BCUT2D eigenvalue weighted by Crippen LogP contribution is -2.17. The molecule has 0 fully saturated rings. The van der Waals surface area contributed by atoms with Gasteiger partial charge in [0.15, 0.2) is 11.5 Å². The van der Waals surface area contributed by atoms with Gasteiger partial charge in [0.05, 0.1) is 17.3 Å². The largest absolute Gasteiger partial charge is 0.573 e. The maximum atomic E-state index is 12.5. The zero-order valence-corrected chi connectivity index (χ0v) is 12.2. The molecular formula is C15H10F3NO2S. The van der Waals surface area contributed by atoms with Gasteiger partial charge in [-0.25, -0.2) is 4.98 Å². The molecule has 1 heterocycles. The van der Waals surface area contributed by atoms with Gasteiger partial charge in [-0.3, -0.25) is 0 Å². The second-order valence-electron chi connectivity index (χ2n) is 4.40. The van der Waals surface area contributed by atoms with Crippen molar-refractivity contribution in [1.82, 2.24) is 4.98 Å². The van der Waals surface area contributed by atoms with Crippen LogP contribution in [0.25, 0.3) is 20.8 Å². The van der Waals surface area contributed by atoms with Crippen LogP contribution in [-0.2, 0) is 0 Å². The van der Waals surface area contributed by atoms with Gasteiger partial charge in [-0.1, -0.05) is 12.1 Å². The van der Waals surface area contributed by atoms with Crippen molar-refractivity contribution in [3.63, 3.8) is 0 Å². The molecule has 0 aliphatic rings. The van der Waals surface area contributed by atoms with E-state index in [4.69, 9.17) is 4.74 Å². The predicted molar refractivity (Wildman–Crippen MR) is 78.3 cm³/mol. The number of benzene rings is 2. The minimum Gasteiger partial charge on any atom is -0.493 e. The number of para-hydroxylation sites is 1. The molecule has 0 atom stereocenters. The van der Waals surface area contributed by atoms with Crippen molar-refractivity contribution >= 4 is 21.6 Å². The quantitative estimate of drug-likeness (QED) is 0.688. The molecule has 0 radical (unpaired) electrons. The first kappa shape index (κ1) is 14.6. The van der Waals surface area contributed by atoms with Crippen LogP contribution in [-0.4, -0.2) is 18.5 Å². The summed E-state index contributed by atoms with van der Waals surface area (Å²) in [5.74, 6) is -0.367. The zero-order valence-electron chi connectivity index (χ0n) is 11.3. The first-order valence-corrected chi connectivity index (χ1v) is 7.07. The van der Waals surface area contributed by atoms with Gasteiger partial charge in [-0.05, 0) is 30.3 Å². The van der Waals surface area contributed by atoms with Crippen LogP contribution in [0.5, 0.6) is 11.5 Å². The van der Waals surface area contributed by atoms with Crippen molar-refractivity contribution in [2.45, 2.75) is 6.36 Å². The number of methoxy groups -OCH3 is 1. The van der Waals surface area contributed by atoms with E-state index in [0.717, 1.165) is 10.2 Å². The summed E-state index contributed by atoms with van der Waals surface area (Å²) in [7, 11) is 1.29. The lowest BCUT2D eigenvalue weighted by Gasteiger charge is -2.13. The summed E-state index contributed by atoms with van der Waals surface area (Å²) in [4.78, 5) is 4.42. The Labute approximate surface area is 127 Å². The molecule has 114 valence electrons. The van der Waals surface area contributed by atoms with Gasteiger partial charge in [-0.15, -0.1) is 24.5 Å². The molecule has 0 saturated heterocycles. The summed E-state index contributed by atoms with van der Waals surface area (Å²) < 4.78 is 47.3. The van der Waals surface area contributed by atoms with Crippen molar-refractivity contribution in [3.05, 3.63) is 42.5 Å². The predicted octanol–water partition coefficient (Wildman–Crippen LogP) is 4.87. The molecule has 22 heavy (non-hydrogen) atoms. The monoisotopic (exact) mass is 325 g/mol. The lowest BCUT2D eigenvalue weighted by atomic mass is 10.2. The fourth-order valence-electron chi connectivity index (χ4n) is 2.01. The second-order valence-corrected chi connectivity index (χ2v) is 5.43. The van der Waals surface area contributed by atoms with Gasteiger partial charge in [0.1, 0.15) is 5.01 Å². The van der Waals surface area contributed by atoms with Gasteiger partial charge >= 0.3 is 6.36 Å². The Morgan fingerprint density at radius 3 is 2.50 bits per heavy atom. The van der Waals surface area contributed by atoms with Crippen molar-refractivity contribution < 1.29 is 22.6 Å². The molecule has 0 N–H and O–H groups in total. The van der Waals surface area contributed by atoms with Crippen molar-refractivity contribution in [3.8, 4) is 22.1 Å². The molecule has 0 aliphatic heterocycles. The minimum atomic E-state index is -4.78. The zero-order chi connectivity index (χ0) is 15.7. The smallest absolute Gasteiger partial charge is 0.493 e. The van der Waals surface area contributed by atoms with E-state index in [0.29, 0.717) is 10.6 Å². The van der Waals surface area contributed by atoms with Crippen LogP contribution in [0.1, 0.15) is 0 Å². The molecule has 3 nitrogen and oxygen atoms in total. The summed E-state index contributed by atoms with van der Waals surface area (Å²) in [6, 6.07) is 11.9. The van der Waals surface area contributed by atoms with Gasteiger partial charge in [0.2, 0.25) is 0 Å². The molecule has 1 aromatic heterocycles. The number of rotatable bonds is 3. The molecule has 0 unspecified atom stereocenters. The summed E-state index contributed by atoms with van der Waals surface area (Å²) >= 11 is 1.40. The van der Waals surface area contributed by atoms with E-state index in [1.165, 1.54) is 30.6 Å². The first-order chi connectivity index (χ1) is 10.5. The van der Waals surface area contributed by atoms with Crippen LogP contribution < -0.4 is 9.47 Å². The van der Waals surface area contributed by atoms with E-state index in [9.17, 15) is 13.2 Å². The fourth-order valence-corrected chi connectivity index (χ4v) is 2.97. The molecule has 0 saturated carbocycles. The average molecular weight is 325 g/mol. The van der Waals surface area contributed by atoms with Gasteiger partial charge in [-0.2, -0.15) is 0 Å². The third kappa shape index (κ3) is 2.99. The number of thiazole rings is 1. The number of aromatic nitrogens is 1. The average Bonchev–Trinajstić information content (AvgIpc) is 2.89. The van der Waals surface area contributed by atoms with Crippen molar-refractivity contribution in [2.75, 3.05) is 7.11 Å². The van der Waals surface area contributed by atoms with Crippen LogP contribution >= 0.6 is 11.3 Å². The highest BCUT2D eigenvalue weighted by molar-refractivity contribution is 7.21. The van der Waals surface area contributed by atoms with E-state index in [2.05, 4.69) is 9.72 Å². The van der Waals surface area contributed by atoms with Gasteiger partial charge in [0, 0.05) is 5.56 Å². The van der Waals surface area contributed by atoms with Crippen LogP contribution in [0.4, 0.5) is 13.2 Å². The second kappa shape index (κ2) is 5.49. The number of nitrogens with zero attached hydrogens (tertiary/aromatic N) is 1. The maximum Gasteiger partial charge on any atom is 0.573 e. The standard InChI is InChI=1S/C15H10F3NO2S/c1-20-11-7-6-9(8-12(11)21-15(16,17)18)14-19-10-4-2-3-5-13(10)22-14/h2-8H,1H3. The number of hydrogen-bond donors (Lipinski definition) is 0. The highest BCUT2D eigenvalue weighted by Gasteiger charge is 2.32. The van der Waals surface area contributed by atoms with Crippen LogP contribution in [0.3, 0.4) is 0 Å². The molecular weight excluding hydrogens is 315 g/mol. The molecule has 0 amide bonds. The molecule has 3 aromatic rings. The summed E-state index contributed by atoms with van der Waals surface area (Å²) in [5, 5.41) is 0.621. The molecule has 3 rings (SSSR count). The number of ether oxygens (including phenoxy) is 2. The van der Waals surface area contributed by atoms with Crippen LogP contribution in [0.2, 0.25) is 0 Å². The Bertz CT molecular complexity index is 781. The summed E-state index contributed by atoms with van der Waals surface area (Å²) in [6.45, 7) is 0. The van der Waals surface area contributed by atoms with E-state index in [-0.39, 0.29) is 11.5 Å². The number of hydrogen-bond acceptors (Lipinski definition) is 4. The third-order valence-electron chi connectivity index (χ3n) is 2.93. The van der Waals surface area contributed by atoms with Crippen LogP contribution in [0.15, 0.2) is 42.5 Å². The van der Waals surface area contributed by atoms with Crippen molar-refractivity contribution in [1.29, 1.82) is 0 Å². The highest BCUT2D eigenvalue weighted by Crippen LogP contribution is 2.38. The number of alkyl halides is 3. The Balaban J connectivity index is 2.05. The lowest BCUT2D eigenvalue weighted by molar-refractivity contribution is -0.275. The topological polar surface area (TPSA) is 31.4 Å². The Morgan fingerprint density at radius 2 is 1.82 bits per heavy atom. The molecule has 2 aromatic carbocycles. The van der Waals surface area contributed by atoms with E-state index < -0.39 is 6.36 Å². The number of halogens is 3. The third-order valence-corrected chi connectivity index (χ3v) is 4.02. The SMILES string of the molecule is COc1ccc(-c2nc3ccccc3s2)cc1OC(F)(F)F. The van der Waals surface area contributed by atoms with E-state index in [1.807, 2.05) is 24.3 Å². The normalized spacial score (nSPS) is 11.6. The minimum absolute atomic E-state index is 0.0159. The maximum absolute atomic E-state index is 12.5. The summed E-state index contributed by atoms with van der Waals surface area (Å²) in [5.41, 5.74) is 1.35. The van der Waals surface area contributed by atoms with Crippen molar-refractivity contribution in [2.24, 2.45) is 0 Å². The summed E-state index contributed by atoms with van der Waals surface area (Å²) in [6.07, 6.45) is -4.78. The number of fused-ring (bicyclic) bond motifs is 1. The van der Waals surface area contributed by atoms with E-state index >= 15 is 0 Å². The van der Waals surface area contributed by atoms with Crippen LogP contribution in [0, 0.1) is 0 Å². The molecule has 0 bridgehead atoms. The van der Waals surface area contributed by atoms with Gasteiger partial charge < -0.3 is 9.47 Å². The molecule has 7 heteroatoms.